The molecule has 0 radical (unpaired) electrons. The number of hydrogen-bond donors (Lipinski definition) is 1. The van der Waals surface area contributed by atoms with Gasteiger partial charge in [-0.3, -0.25) is 10.1 Å². The maximum Gasteiger partial charge on any atom is 0.286 e. The minimum atomic E-state index is -0.0882. The first-order valence-electron chi connectivity index (χ1n) is 5.89. The van der Waals surface area contributed by atoms with Gasteiger partial charge in [-0.15, -0.1) is 0 Å². The Morgan fingerprint density at radius 1 is 1.29 bits per heavy atom. The Labute approximate surface area is 102 Å². The second-order valence-corrected chi connectivity index (χ2v) is 5.28. The van der Waals surface area contributed by atoms with Crippen LogP contribution in [0.1, 0.15) is 5.56 Å². The summed E-state index contributed by atoms with van der Waals surface area (Å²) in [6.45, 7) is 0.625. The molecule has 2 rings (SSSR count). The van der Waals surface area contributed by atoms with Crippen molar-refractivity contribution in [1.82, 2.24) is 10.3 Å². The quantitative estimate of drug-likeness (QED) is 0.777. The first-order valence-corrected chi connectivity index (χ1v) is 5.89. The van der Waals surface area contributed by atoms with Crippen LogP contribution in [0.5, 0.6) is 0 Å². The zero-order chi connectivity index (χ0) is 12.5. The summed E-state index contributed by atoms with van der Waals surface area (Å²) < 4.78 is 0.539. The number of carbonyl (C=O) groups excluding carboxylic acids is 1. The highest BCUT2D eigenvalue weighted by molar-refractivity contribution is 5.83. The van der Waals surface area contributed by atoms with Gasteiger partial charge in [-0.1, -0.05) is 30.3 Å². The number of carbonyl (C=O) groups is 1. The van der Waals surface area contributed by atoms with Crippen molar-refractivity contribution >= 4 is 5.91 Å². The lowest BCUT2D eigenvalue weighted by molar-refractivity contribution is -0.972. The molecule has 0 bridgehead atoms. The van der Waals surface area contributed by atoms with Crippen molar-refractivity contribution < 1.29 is 9.39 Å². The van der Waals surface area contributed by atoms with Crippen LogP contribution in [0.3, 0.4) is 0 Å². The molecular formula is C13H20N3O+. The molecule has 1 N–H and O–H groups in total. The third-order valence-corrected chi connectivity index (χ3v) is 3.05. The first-order chi connectivity index (χ1) is 7.98. The second kappa shape index (κ2) is 4.47. The molecular weight excluding hydrogens is 214 g/mol. The highest BCUT2D eigenvalue weighted by atomic mass is 16.2. The summed E-state index contributed by atoms with van der Waals surface area (Å²) >= 11 is 0. The molecule has 4 heteroatoms. The van der Waals surface area contributed by atoms with E-state index in [9.17, 15) is 4.79 Å². The molecule has 1 aliphatic rings. The van der Waals surface area contributed by atoms with Gasteiger partial charge in [-0.2, -0.15) is 5.01 Å². The van der Waals surface area contributed by atoms with Crippen molar-refractivity contribution in [2.45, 2.75) is 12.5 Å². The molecule has 1 saturated heterocycles. The number of rotatable bonds is 3. The van der Waals surface area contributed by atoms with E-state index in [0.29, 0.717) is 11.3 Å². The molecule has 92 valence electrons. The van der Waals surface area contributed by atoms with Crippen molar-refractivity contribution in [3.63, 3.8) is 0 Å². The predicted octanol–water partition coefficient (Wildman–Crippen LogP) is 0.608. The Balaban J connectivity index is 2.04. The average molecular weight is 234 g/mol. The number of quaternary nitrogens is 1. The lowest BCUT2D eigenvalue weighted by atomic mass is 10.1. The summed E-state index contributed by atoms with van der Waals surface area (Å²) in [6, 6.07) is 10.0. The van der Waals surface area contributed by atoms with Gasteiger partial charge in [0.25, 0.3) is 5.91 Å². The maximum absolute atomic E-state index is 12.2. The van der Waals surface area contributed by atoms with Crippen LogP contribution in [0.25, 0.3) is 0 Å². The molecule has 0 spiro atoms. The van der Waals surface area contributed by atoms with Gasteiger partial charge in [0.15, 0.2) is 0 Å². The van der Waals surface area contributed by atoms with Gasteiger partial charge in [0.1, 0.15) is 6.67 Å². The predicted molar refractivity (Wildman–Crippen MR) is 66.8 cm³/mol. The summed E-state index contributed by atoms with van der Waals surface area (Å²) in [6.07, 6.45) is 0.760. The number of amides is 1. The highest BCUT2D eigenvalue weighted by Crippen LogP contribution is 2.13. The van der Waals surface area contributed by atoms with Crippen LogP contribution < -0.4 is 5.32 Å². The lowest BCUT2D eigenvalue weighted by Crippen LogP contribution is -2.53. The van der Waals surface area contributed by atoms with E-state index in [-0.39, 0.29) is 11.9 Å². The van der Waals surface area contributed by atoms with Crippen LogP contribution in [-0.2, 0) is 11.2 Å². The van der Waals surface area contributed by atoms with Gasteiger partial charge in [0.05, 0.1) is 27.2 Å². The molecule has 1 amide bonds. The monoisotopic (exact) mass is 234 g/mol. The molecule has 1 aliphatic heterocycles. The van der Waals surface area contributed by atoms with E-state index in [0.717, 1.165) is 6.42 Å². The van der Waals surface area contributed by atoms with Crippen molar-refractivity contribution in [3.8, 4) is 0 Å². The Morgan fingerprint density at radius 3 is 2.47 bits per heavy atom. The topological polar surface area (TPSA) is 32.3 Å². The molecule has 1 atom stereocenters. The minimum Gasteiger partial charge on any atom is -0.284 e. The van der Waals surface area contributed by atoms with E-state index in [1.807, 2.05) is 44.4 Å². The van der Waals surface area contributed by atoms with E-state index in [4.69, 9.17) is 0 Å². The Kier molecular flexibility index (Phi) is 3.17. The zero-order valence-corrected chi connectivity index (χ0v) is 10.7. The van der Waals surface area contributed by atoms with Crippen molar-refractivity contribution in [1.29, 1.82) is 0 Å². The smallest absolute Gasteiger partial charge is 0.284 e. The fourth-order valence-electron chi connectivity index (χ4n) is 2.06. The highest BCUT2D eigenvalue weighted by Gasteiger charge is 2.38. The number of nitrogens with one attached hydrogen (secondary N) is 1. The van der Waals surface area contributed by atoms with Crippen LogP contribution >= 0.6 is 0 Å². The van der Waals surface area contributed by atoms with Gasteiger partial charge in [0, 0.05) is 0 Å². The first kappa shape index (κ1) is 12.1. The van der Waals surface area contributed by atoms with E-state index in [1.54, 1.807) is 0 Å². The van der Waals surface area contributed by atoms with E-state index in [1.165, 1.54) is 5.56 Å². The number of hydrogen-bond acceptors (Lipinski definition) is 2. The van der Waals surface area contributed by atoms with Crippen LogP contribution in [0, 0.1) is 0 Å². The molecule has 1 aromatic rings. The molecule has 0 aromatic heterocycles. The third kappa shape index (κ3) is 2.65. The maximum atomic E-state index is 12.2. The lowest BCUT2D eigenvalue weighted by Gasteiger charge is -2.32. The van der Waals surface area contributed by atoms with Gasteiger partial charge in [-0.05, 0) is 12.0 Å². The summed E-state index contributed by atoms with van der Waals surface area (Å²) in [4.78, 5) is 12.2. The van der Waals surface area contributed by atoms with Crippen molar-refractivity contribution in [2.75, 3.05) is 27.8 Å². The molecule has 17 heavy (non-hydrogen) atoms. The Bertz CT molecular complexity index is 397. The number of benzene rings is 1. The van der Waals surface area contributed by atoms with Crippen molar-refractivity contribution in [3.05, 3.63) is 35.9 Å². The molecule has 0 aliphatic carbocycles. The van der Waals surface area contributed by atoms with Crippen molar-refractivity contribution in [2.24, 2.45) is 0 Å². The normalized spacial score (nSPS) is 21.0. The van der Waals surface area contributed by atoms with Gasteiger partial charge < -0.3 is 0 Å². The van der Waals surface area contributed by atoms with E-state index in [2.05, 4.69) is 17.4 Å². The Hall–Kier alpha value is -1.39. The van der Waals surface area contributed by atoms with E-state index < -0.39 is 0 Å². The van der Waals surface area contributed by atoms with Gasteiger partial charge in [0.2, 0.25) is 0 Å². The molecule has 1 heterocycles. The summed E-state index contributed by atoms with van der Waals surface area (Å²) in [5.74, 6) is 0.182. The van der Waals surface area contributed by atoms with Crippen LogP contribution in [0.15, 0.2) is 30.3 Å². The van der Waals surface area contributed by atoms with Gasteiger partial charge in [-0.25, -0.2) is 4.59 Å². The molecule has 1 unspecified atom stereocenters. The van der Waals surface area contributed by atoms with Gasteiger partial charge >= 0.3 is 0 Å². The third-order valence-electron chi connectivity index (χ3n) is 3.05. The fourth-order valence-corrected chi connectivity index (χ4v) is 2.06. The van der Waals surface area contributed by atoms with Crippen LogP contribution in [0.2, 0.25) is 0 Å². The number of nitrogens with zero attached hydrogens (tertiary/aromatic N) is 2. The molecule has 1 aromatic carbocycles. The minimum absolute atomic E-state index is 0.0882. The zero-order valence-electron chi connectivity index (χ0n) is 10.7. The summed E-state index contributed by atoms with van der Waals surface area (Å²) in [7, 11) is 6.01. The van der Waals surface area contributed by atoms with Crippen LogP contribution in [-0.4, -0.2) is 49.4 Å². The fraction of sp³-hybridized carbons (Fsp3) is 0.462. The summed E-state index contributed by atoms with van der Waals surface area (Å²) in [5.41, 5.74) is 1.20. The van der Waals surface area contributed by atoms with Crippen LogP contribution in [0.4, 0.5) is 0 Å². The molecule has 0 saturated carbocycles. The molecule has 1 fully saturated rings. The Morgan fingerprint density at radius 2 is 1.94 bits per heavy atom. The largest absolute Gasteiger partial charge is 0.286 e. The molecule has 4 nitrogen and oxygen atoms in total. The summed E-state index contributed by atoms with van der Waals surface area (Å²) in [5, 5.41) is 5.11. The standard InChI is InChI=1S/C13H20N3O/c1-16(2,3)15-10-14-12(13(15)17)9-11-7-5-4-6-8-11/h4-8,12,14H,9-10H2,1-3H3/q+1. The second-order valence-electron chi connectivity index (χ2n) is 5.28. The van der Waals surface area contributed by atoms with E-state index >= 15 is 0 Å². The SMILES string of the molecule is C[N+](C)(C)N1CNC(Cc2ccccc2)C1=O. The average Bonchev–Trinajstić information content (AvgIpc) is 2.61.